The number of urea groups is 1. The Kier molecular flexibility index (Phi) is 2.13. The van der Waals surface area contributed by atoms with Crippen molar-refractivity contribution < 1.29 is 29.1 Å². The van der Waals surface area contributed by atoms with Gasteiger partial charge in [-0.3, -0.25) is 0 Å². The number of aliphatic hydroxyl groups excluding tert-OH is 2. The third kappa shape index (κ3) is 1.18. The van der Waals surface area contributed by atoms with Gasteiger partial charge in [0.1, 0.15) is 18.1 Å². The van der Waals surface area contributed by atoms with Crippen LogP contribution < -0.4 is 0 Å². The maximum absolute atomic E-state index is 11.9. The van der Waals surface area contributed by atoms with Crippen LogP contribution in [0.25, 0.3) is 0 Å². The van der Waals surface area contributed by atoms with E-state index >= 15 is 0 Å². The molecule has 0 radical (unpaired) electrons. The summed E-state index contributed by atoms with van der Waals surface area (Å²) in [4.78, 5) is 24.8. The van der Waals surface area contributed by atoms with Crippen molar-refractivity contribution in [3.8, 4) is 0 Å². The van der Waals surface area contributed by atoms with E-state index in [1.54, 1.807) is 6.92 Å². The average molecular weight is 241 g/mol. The van der Waals surface area contributed by atoms with Crippen molar-refractivity contribution in [1.82, 2.24) is 4.90 Å². The fraction of sp³-hybridized carbons (Fsp3) is 0.700. The number of rotatable bonds is 1. The molecular formula is C10H13N2O5+. The number of carbonyl (C=O) groups is 2. The number of aliphatic hydroxyl groups is 2. The van der Waals surface area contributed by atoms with Crippen molar-refractivity contribution in [2.24, 2.45) is 5.92 Å². The summed E-state index contributed by atoms with van der Waals surface area (Å²) in [6.45, 7) is 1.35. The minimum absolute atomic E-state index is 0.333. The molecule has 92 valence electrons. The zero-order valence-electron chi connectivity index (χ0n) is 9.18. The quantitative estimate of drug-likeness (QED) is 0.525. The molecule has 0 saturated carbocycles. The Morgan fingerprint density at radius 3 is 2.88 bits per heavy atom. The van der Waals surface area contributed by atoms with Crippen LogP contribution in [-0.4, -0.2) is 68.9 Å². The third-order valence-electron chi connectivity index (χ3n) is 3.53. The van der Waals surface area contributed by atoms with Gasteiger partial charge in [0.05, 0.1) is 12.8 Å². The summed E-state index contributed by atoms with van der Waals surface area (Å²) in [5, 5.41) is 19.0. The van der Waals surface area contributed by atoms with Gasteiger partial charge in [-0.25, -0.2) is 4.79 Å². The lowest BCUT2D eigenvalue weighted by atomic mass is 10.1. The Hall–Kier alpha value is -1.31. The van der Waals surface area contributed by atoms with Crippen LogP contribution in [0.5, 0.6) is 0 Å². The fourth-order valence-electron chi connectivity index (χ4n) is 2.66. The van der Waals surface area contributed by atoms with E-state index in [2.05, 4.69) is 0 Å². The maximum Gasteiger partial charge on any atom is 0.503 e. The number of hydrogen-bond donors (Lipinski definition) is 2. The molecular weight excluding hydrogens is 228 g/mol. The Morgan fingerprint density at radius 1 is 1.53 bits per heavy atom. The molecule has 3 unspecified atom stereocenters. The van der Waals surface area contributed by atoms with Gasteiger partial charge in [-0.05, 0) is 6.92 Å². The standard InChI is InChI=1S/C10H13N2O5/c1-4-2-11-9-6(7(14)5(3-13)17-9)12(8(4)15)10(11)16/h2,4-7,9,13-14H,3H2,1H3/q+1/t4?,5-,6?,7?,9-/m1/s1. The second kappa shape index (κ2) is 3.34. The number of hydrogen-bond acceptors (Lipinski definition) is 5. The summed E-state index contributed by atoms with van der Waals surface area (Å²) < 4.78 is 6.74. The second-order valence-corrected chi connectivity index (χ2v) is 4.56. The predicted molar refractivity (Wildman–Crippen MR) is 53.3 cm³/mol. The summed E-state index contributed by atoms with van der Waals surface area (Å²) in [5.74, 6) is -0.735. The highest BCUT2D eigenvalue weighted by molar-refractivity contribution is 6.05. The van der Waals surface area contributed by atoms with Gasteiger partial charge in [-0.1, -0.05) is 0 Å². The lowest BCUT2D eigenvalue weighted by molar-refractivity contribution is -0.510. The van der Waals surface area contributed by atoms with Crippen molar-refractivity contribution >= 4 is 18.2 Å². The van der Waals surface area contributed by atoms with Gasteiger partial charge >= 0.3 is 11.9 Å². The molecule has 5 atom stereocenters. The van der Waals surface area contributed by atoms with Crippen LogP contribution in [0, 0.1) is 5.92 Å². The Bertz CT molecular complexity index is 434. The smallest absolute Gasteiger partial charge is 0.394 e. The summed E-state index contributed by atoms with van der Waals surface area (Å²) in [6.07, 6.45) is -0.957. The average Bonchev–Trinajstić information content (AvgIpc) is 2.71. The van der Waals surface area contributed by atoms with E-state index in [0.717, 1.165) is 4.90 Å². The van der Waals surface area contributed by atoms with E-state index in [-0.39, 0.29) is 12.5 Å². The predicted octanol–water partition coefficient (Wildman–Crippen LogP) is -1.87. The molecule has 3 amide bonds. The van der Waals surface area contributed by atoms with E-state index in [9.17, 15) is 14.7 Å². The highest BCUT2D eigenvalue weighted by Gasteiger charge is 2.67. The van der Waals surface area contributed by atoms with Crippen molar-refractivity contribution in [3.05, 3.63) is 0 Å². The molecule has 0 aromatic carbocycles. The van der Waals surface area contributed by atoms with E-state index in [1.807, 2.05) is 0 Å². The first-order valence-corrected chi connectivity index (χ1v) is 5.51. The maximum atomic E-state index is 11.9. The molecule has 17 heavy (non-hydrogen) atoms. The third-order valence-corrected chi connectivity index (χ3v) is 3.53. The van der Waals surface area contributed by atoms with Crippen LogP contribution in [-0.2, 0) is 9.53 Å². The van der Waals surface area contributed by atoms with Crippen molar-refractivity contribution in [3.63, 3.8) is 0 Å². The highest BCUT2D eigenvalue weighted by atomic mass is 16.6. The number of ether oxygens (including phenoxy) is 1. The molecule has 2 saturated heterocycles. The molecule has 3 heterocycles. The topological polar surface area (TPSA) is 90.1 Å². The Labute approximate surface area is 96.9 Å². The number of fused-ring (bicyclic) bond motifs is 5. The molecule has 2 bridgehead atoms. The number of imide groups is 1. The van der Waals surface area contributed by atoms with Crippen LogP contribution in [0.15, 0.2) is 0 Å². The lowest BCUT2D eigenvalue weighted by Crippen LogP contribution is -2.51. The zero-order chi connectivity index (χ0) is 12.3. The van der Waals surface area contributed by atoms with Gasteiger partial charge in [0.25, 0.3) is 0 Å². The first-order valence-electron chi connectivity index (χ1n) is 5.51. The monoisotopic (exact) mass is 241 g/mol. The van der Waals surface area contributed by atoms with E-state index in [4.69, 9.17) is 9.84 Å². The van der Waals surface area contributed by atoms with Gasteiger partial charge < -0.3 is 14.9 Å². The first kappa shape index (κ1) is 10.8. The van der Waals surface area contributed by atoms with Crippen molar-refractivity contribution in [1.29, 1.82) is 0 Å². The molecule has 3 aliphatic heterocycles. The summed E-state index contributed by atoms with van der Waals surface area (Å²) >= 11 is 0. The van der Waals surface area contributed by atoms with Crippen LogP contribution in [0.2, 0.25) is 0 Å². The molecule has 0 aliphatic carbocycles. The van der Waals surface area contributed by atoms with Gasteiger partial charge in [0.2, 0.25) is 12.3 Å². The molecule has 3 aliphatic rings. The molecule has 3 rings (SSSR count). The molecule has 0 aromatic rings. The van der Waals surface area contributed by atoms with Gasteiger partial charge in [0, 0.05) is 0 Å². The van der Waals surface area contributed by atoms with E-state index in [0.29, 0.717) is 0 Å². The van der Waals surface area contributed by atoms with E-state index < -0.39 is 36.4 Å². The molecule has 2 fully saturated rings. The molecule has 7 heteroatoms. The molecule has 0 aromatic heterocycles. The Balaban J connectivity index is 2.05. The van der Waals surface area contributed by atoms with Crippen molar-refractivity contribution in [2.75, 3.05) is 6.61 Å². The van der Waals surface area contributed by atoms with Crippen molar-refractivity contribution in [2.45, 2.75) is 31.4 Å². The van der Waals surface area contributed by atoms with Gasteiger partial charge in [-0.2, -0.15) is 9.37 Å². The van der Waals surface area contributed by atoms with E-state index in [1.165, 1.54) is 10.8 Å². The molecule has 2 N–H and O–H groups in total. The summed E-state index contributed by atoms with van der Waals surface area (Å²) in [5.41, 5.74) is 0. The minimum atomic E-state index is -1.04. The summed E-state index contributed by atoms with van der Waals surface area (Å²) in [7, 11) is 0. The molecule has 0 spiro atoms. The SMILES string of the molecule is CC1C=[N+]2C(=O)N(C1=O)C1C(O)[C@@H](CO)O[C@H]12. The van der Waals surface area contributed by atoms with Gasteiger partial charge in [-0.15, -0.1) is 4.90 Å². The van der Waals surface area contributed by atoms with Crippen LogP contribution in [0.3, 0.4) is 0 Å². The number of nitrogens with zero attached hydrogens (tertiary/aromatic N) is 2. The van der Waals surface area contributed by atoms with Crippen LogP contribution in [0.4, 0.5) is 4.79 Å². The van der Waals surface area contributed by atoms with Crippen LogP contribution in [0.1, 0.15) is 6.92 Å². The van der Waals surface area contributed by atoms with Gasteiger partial charge in [0.15, 0.2) is 0 Å². The first-order chi connectivity index (χ1) is 8.06. The Morgan fingerprint density at radius 2 is 2.24 bits per heavy atom. The summed E-state index contributed by atoms with van der Waals surface area (Å²) in [6, 6.07) is -1.17. The second-order valence-electron chi connectivity index (χ2n) is 4.56. The minimum Gasteiger partial charge on any atom is -0.394 e. The highest BCUT2D eigenvalue weighted by Crippen LogP contribution is 2.35. The number of carbonyl (C=O) groups excluding carboxylic acids is 2. The largest absolute Gasteiger partial charge is 0.503 e. The normalized spacial score (nSPS) is 44.1. The number of amides is 3. The molecule has 7 nitrogen and oxygen atoms in total. The fourth-order valence-corrected chi connectivity index (χ4v) is 2.66. The lowest BCUT2D eigenvalue weighted by Gasteiger charge is -2.19. The van der Waals surface area contributed by atoms with Crippen LogP contribution >= 0.6 is 0 Å². The zero-order valence-corrected chi connectivity index (χ0v) is 9.18.